The van der Waals surface area contributed by atoms with Crippen LogP contribution in [-0.4, -0.2) is 10.9 Å². The first-order valence-corrected chi connectivity index (χ1v) is 19.5. The monoisotopic (exact) mass is 773 g/mol. The van der Waals surface area contributed by atoms with Crippen molar-refractivity contribution in [1.29, 1.82) is 0 Å². The van der Waals surface area contributed by atoms with Crippen LogP contribution in [0.3, 0.4) is 0 Å². The number of halogens is 1. The van der Waals surface area contributed by atoms with Crippen LogP contribution in [0, 0.1) is 0 Å². The molecule has 1 heterocycles. The topological polar surface area (TPSA) is 30.9 Å². The maximum absolute atomic E-state index is 6.91. The van der Waals surface area contributed by atoms with Crippen molar-refractivity contribution in [3.63, 3.8) is 0 Å². The summed E-state index contributed by atoms with van der Waals surface area (Å²) in [5, 5.41) is 2.16. The molecule has 0 bridgehead atoms. The molecular weight excluding hydrogens is 730 g/mol. The number of hydrogen-bond donors (Lipinski definition) is 0. The molecule has 0 unspecified atom stereocenters. The minimum absolute atomic E-state index is 0.0832. The predicted molar refractivity (Wildman–Crippen MR) is 223 cm³/mol. The molecule has 8 rings (SSSR count). The van der Waals surface area contributed by atoms with Crippen LogP contribution in [-0.2, 0) is 32.8 Å². The Hall–Kier alpha value is -5.36. The molecule has 7 aromatic rings. The third-order valence-electron chi connectivity index (χ3n) is 10.5. The van der Waals surface area contributed by atoms with Crippen molar-refractivity contribution >= 4 is 26.7 Å². The molecule has 0 saturated carbocycles. The zero-order valence-electron chi connectivity index (χ0n) is 30.8. The van der Waals surface area contributed by atoms with Gasteiger partial charge in [-0.05, 0) is 81.0 Å². The Morgan fingerprint density at radius 3 is 1.61 bits per heavy atom. The van der Waals surface area contributed by atoms with Crippen molar-refractivity contribution in [3.05, 3.63) is 196 Å². The van der Waals surface area contributed by atoms with Crippen molar-refractivity contribution in [2.24, 2.45) is 0 Å². The van der Waals surface area contributed by atoms with Gasteiger partial charge in [-0.2, -0.15) is 0 Å². The number of hydrogen-bond acceptors (Lipinski definition) is 4. The highest BCUT2D eigenvalue weighted by molar-refractivity contribution is 9.10. The molecule has 0 spiro atoms. The Bertz CT molecular complexity index is 2330. The van der Waals surface area contributed by atoms with Gasteiger partial charge in [-0.1, -0.05) is 146 Å². The highest BCUT2D eigenvalue weighted by Gasteiger charge is 2.36. The SMILES string of the molecule is C[C@@H]1Cc2c(-c3cc(Br)c(OCc4ccccc4)c4ccccc34)c(OCc3ccccc3)cc(OCc3ccccc3)c2[C@@H](C)N1Cc1ccccc1. The Balaban J connectivity index is 1.30. The highest BCUT2D eigenvalue weighted by Crippen LogP contribution is 2.51. The summed E-state index contributed by atoms with van der Waals surface area (Å²) in [5.74, 6) is 2.51. The van der Waals surface area contributed by atoms with E-state index in [0.29, 0.717) is 19.8 Å². The molecule has 270 valence electrons. The smallest absolute Gasteiger partial charge is 0.141 e. The van der Waals surface area contributed by atoms with Crippen LogP contribution in [0.2, 0.25) is 0 Å². The van der Waals surface area contributed by atoms with Gasteiger partial charge in [0.25, 0.3) is 0 Å². The Morgan fingerprint density at radius 2 is 1.04 bits per heavy atom. The summed E-state index contributed by atoms with van der Waals surface area (Å²) in [6, 6.07) is 55.2. The molecular formula is C49H44BrNO3. The zero-order valence-corrected chi connectivity index (χ0v) is 32.3. The summed E-state index contributed by atoms with van der Waals surface area (Å²) < 4.78 is 21.2. The Morgan fingerprint density at radius 1 is 0.556 bits per heavy atom. The summed E-state index contributed by atoms with van der Waals surface area (Å²) in [4.78, 5) is 2.61. The second-order valence-electron chi connectivity index (χ2n) is 14.1. The van der Waals surface area contributed by atoms with Gasteiger partial charge in [0.1, 0.15) is 37.1 Å². The van der Waals surface area contributed by atoms with Gasteiger partial charge in [0.15, 0.2) is 0 Å². The van der Waals surface area contributed by atoms with E-state index >= 15 is 0 Å². The lowest BCUT2D eigenvalue weighted by Crippen LogP contribution is -2.41. The van der Waals surface area contributed by atoms with E-state index in [4.69, 9.17) is 14.2 Å². The fraction of sp³-hybridized carbons (Fsp3) is 0.184. The van der Waals surface area contributed by atoms with Crippen LogP contribution in [0.5, 0.6) is 17.2 Å². The summed E-state index contributed by atoms with van der Waals surface area (Å²) in [6.07, 6.45) is 0.838. The van der Waals surface area contributed by atoms with Crippen molar-refractivity contribution in [2.45, 2.75) is 58.7 Å². The molecule has 2 atom stereocenters. The van der Waals surface area contributed by atoms with Gasteiger partial charge in [-0.25, -0.2) is 0 Å². The van der Waals surface area contributed by atoms with Crippen LogP contribution in [0.4, 0.5) is 0 Å². The zero-order chi connectivity index (χ0) is 36.9. The molecule has 0 N–H and O–H groups in total. The van der Waals surface area contributed by atoms with Crippen molar-refractivity contribution < 1.29 is 14.2 Å². The molecule has 54 heavy (non-hydrogen) atoms. The van der Waals surface area contributed by atoms with Gasteiger partial charge in [0.05, 0.1) is 4.47 Å². The van der Waals surface area contributed by atoms with E-state index < -0.39 is 0 Å². The van der Waals surface area contributed by atoms with E-state index in [-0.39, 0.29) is 12.1 Å². The van der Waals surface area contributed by atoms with Crippen LogP contribution in [0.25, 0.3) is 21.9 Å². The second-order valence-corrected chi connectivity index (χ2v) is 15.0. The number of ether oxygens (including phenoxy) is 3. The third-order valence-corrected chi connectivity index (χ3v) is 11.1. The first-order valence-electron chi connectivity index (χ1n) is 18.7. The standard InChI is InChI=1S/C49H44BrNO3/c1-34-27-43-47(35(2)51(34)30-36-17-7-3-8-18-36)45(52-31-37-19-9-4-10-20-37)29-46(53-32-38-21-11-5-12-22-38)48(43)42-28-44(50)49(41-26-16-15-25-40(41)42)54-33-39-23-13-6-14-24-39/h3-26,28-29,34-35H,27,30-33H2,1-2H3/t34-,35-/m1/s1. The Kier molecular flexibility index (Phi) is 10.8. The van der Waals surface area contributed by atoms with Crippen molar-refractivity contribution in [1.82, 2.24) is 4.90 Å². The van der Waals surface area contributed by atoms with Gasteiger partial charge in [-0.3, -0.25) is 4.90 Å². The minimum Gasteiger partial charge on any atom is -0.488 e. The van der Waals surface area contributed by atoms with E-state index in [0.717, 1.165) is 73.3 Å². The highest BCUT2D eigenvalue weighted by atomic mass is 79.9. The van der Waals surface area contributed by atoms with Gasteiger partial charge >= 0.3 is 0 Å². The van der Waals surface area contributed by atoms with E-state index in [1.54, 1.807) is 0 Å². The number of fused-ring (bicyclic) bond motifs is 2. The molecule has 4 nitrogen and oxygen atoms in total. The fourth-order valence-corrected chi connectivity index (χ4v) is 8.37. The fourth-order valence-electron chi connectivity index (χ4n) is 7.82. The lowest BCUT2D eigenvalue weighted by atomic mass is 9.81. The van der Waals surface area contributed by atoms with Gasteiger partial charge < -0.3 is 14.2 Å². The summed E-state index contributed by atoms with van der Waals surface area (Å²) >= 11 is 3.97. The number of nitrogens with zero attached hydrogens (tertiary/aromatic N) is 1. The molecule has 1 aliphatic rings. The quantitative estimate of drug-likeness (QED) is 0.124. The molecule has 0 amide bonds. The molecule has 1 aliphatic heterocycles. The number of benzene rings is 7. The van der Waals surface area contributed by atoms with Crippen molar-refractivity contribution in [3.8, 4) is 28.4 Å². The molecule has 0 aliphatic carbocycles. The Labute approximate surface area is 327 Å². The van der Waals surface area contributed by atoms with Gasteiger partial charge in [0.2, 0.25) is 0 Å². The first-order chi connectivity index (χ1) is 26.5. The average Bonchev–Trinajstić information content (AvgIpc) is 3.21. The van der Waals surface area contributed by atoms with E-state index in [1.165, 1.54) is 16.7 Å². The van der Waals surface area contributed by atoms with E-state index in [1.807, 2.05) is 30.3 Å². The van der Waals surface area contributed by atoms with Crippen molar-refractivity contribution in [2.75, 3.05) is 0 Å². The van der Waals surface area contributed by atoms with Crippen LogP contribution in [0.15, 0.2) is 162 Å². The molecule has 0 radical (unpaired) electrons. The molecule has 0 aromatic heterocycles. The van der Waals surface area contributed by atoms with E-state index in [2.05, 4.69) is 162 Å². The average molecular weight is 775 g/mol. The lowest BCUT2D eigenvalue weighted by Gasteiger charge is -2.42. The second kappa shape index (κ2) is 16.3. The summed E-state index contributed by atoms with van der Waals surface area (Å²) in [6.45, 7) is 6.91. The maximum Gasteiger partial charge on any atom is 0.141 e. The molecule has 7 aromatic carbocycles. The van der Waals surface area contributed by atoms with Crippen LogP contribution in [0.1, 0.15) is 53.3 Å². The first kappa shape index (κ1) is 35.7. The predicted octanol–water partition coefficient (Wildman–Crippen LogP) is 12.5. The van der Waals surface area contributed by atoms with Crippen LogP contribution < -0.4 is 14.2 Å². The molecule has 0 fully saturated rings. The molecule has 0 saturated heterocycles. The number of rotatable bonds is 12. The van der Waals surface area contributed by atoms with Gasteiger partial charge in [-0.15, -0.1) is 0 Å². The third kappa shape index (κ3) is 7.66. The normalized spacial score (nSPS) is 15.5. The maximum atomic E-state index is 6.91. The minimum atomic E-state index is 0.0832. The lowest BCUT2D eigenvalue weighted by molar-refractivity contribution is 0.125. The molecule has 5 heteroatoms. The van der Waals surface area contributed by atoms with Gasteiger partial charge in [0, 0.05) is 41.2 Å². The largest absolute Gasteiger partial charge is 0.488 e. The van der Waals surface area contributed by atoms with Crippen LogP contribution >= 0.6 is 15.9 Å². The summed E-state index contributed by atoms with van der Waals surface area (Å²) in [7, 11) is 0. The summed E-state index contributed by atoms with van der Waals surface area (Å²) in [5.41, 5.74) is 9.36. The van der Waals surface area contributed by atoms with E-state index in [9.17, 15) is 0 Å².